The topological polar surface area (TPSA) is 102 Å². The van der Waals surface area contributed by atoms with Crippen molar-refractivity contribution in [1.29, 1.82) is 0 Å². The van der Waals surface area contributed by atoms with Gasteiger partial charge in [-0.15, -0.1) is 0 Å². The predicted molar refractivity (Wildman–Crippen MR) is 129 cm³/mol. The molecule has 2 heterocycles. The largest absolute Gasteiger partial charge is 0.457 e. The molecule has 0 aliphatic carbocycles. The first-order valence-corrected chi connectivity index (χ1v) is 10.3. The van der Waals surface area contributed by atoms with Crippen LogP contribution in [0.4, 0.5) is 11.5 Å². The summed E-state index contributed by atoms with van der Waals surface area (Å²) in [6, 6.07) is 19.1. The van der Waals surface area contributed by atoms with E-state index in [1.54, 1.807) is 79.1 Å². The lowest BCUT2D eigenvalue weighted by atomic mass is 10.1. The van der Waals surface area contributed by atoms with Gasteiger partial charge in [0.15, 0.2) is 0 Å². The van der Waals surface area contributed by atoms with Gasteiger partial charge in [-0.05, 0) is 66.6 Å². The van der Waals surface area contributed by atoms with Crippen molar-refractivity contribution in [2.45, 2.75) is 0 Å². The minimum absolute atomic E-state index is 0.177. The van der Waals surface area contributed by atoms with Crippen molar-refractivity contribution in [3.05, 3.63) is 84.7 Å². The van der Waals surface area contributed by atoms with E-state index in [9.17, 15) is 9.59 Å². The first-order valence-electron chi connectivity index (χ1n) is 10.3. The van der Waals surface area contributed by atoms with Gasteiger partial charge in [0.25, 0.3) is 11.8 Å². The second kappa shape index (κ2) is 10.7. The summed E-state index contributed by atoms with van der Waals surface area (Å²) >= 11 is 0. The Labute approximate surface area is 196 Å². The lowest BCUT2D eigenvalue weighted by molar-refractivity contribution is -0.111. The van der Waals surface area contributed by atoms with E-state index >= 15 is 0 Å². The van der Waals surface area contributed by atoms with Crippen LogP contribution in [0.2, 0.25) is 0 Å². The zero-order chi connectivity index (χ0) is 23.8. The SMILES string of the molecule is COCC#CC(=O)Nc1ccc2nccc(Oc3ccc(C(=O)Nc4ccccn4)cc3)c2c1. The van der Waals surface area contributed by atoms with Crippen LogP contribution in [-0.2, 0) is 9.53 Å². The van der Waals surface area contributed by atoms with Gasteiger partial charge < -0.3 is 20.1 Å². The average molecular weight is 452 g/mol. The molecule has 0 radical (unpaired) electrons. The third kappa shape index (κ3) is 5.73. The Morgan fingerprint density at radius 1 is 0.941 bits per heavy atom. The Bertz CT molecular complexity index is 1380. The van der Waals surface area contributed by atoms with Crippen molar-refractivity contribution in [3.63, 3.8) is 0 Å². The zero-order valence-corrected chi connectivity index (χ0v) is 18.2. The van der Waals surface area contributed by atoms with Crippen molar-refractivity contribution >= 4 is 34.2 Å². The van der Waals surface area contributed by atoms with E-state index in [4.69, 9.17) is 9.47 Å². The molecule has 0 spiro atoms. The summed E-state index contributed by atoms with van der Waals surface area (Å²) in [5, 5.41) is 6.17. The molecule has 168 valence electrons. The van der Waals surface area contributed by atoms with Crippen LogP contribution in [0.5, 0.6) is 11.5 Å². The zero-order valence-electron chi connectivity index (χ0n) is 18.2. The van der Waals surface area contributed by atoms with Crippen molar-refractivity contribution in [2.24, 2.45) is 0 Å². The minimum Gasteiger partial charge on any atom is -0.457 e. The fourth-order valence-electron chi connectivity index (χ4n) is 3.07. The van der Waals surface area contributed by atoms with Crippen LogP contribution in [0.3, 0.4) is 0 Å². The van der Waals surface area contributed by atoms with E-state index < -0.39 is 5.91 Å². The van der Waals surface area contributed by atoms with Crippen molar-refractivity contribution in [2.75, 3.05) is 24.4 Å². The molecular weight excluding hydrogens is 432 g/mol. The standard InChI is InChI=1S/C26H20N4O4/c1-33-16-4-6-25(31)29-19-9-12-22-21(17-19)23(13-15-27-22)34-20-10-7-18(8-11-20)26(32)30-24-5-2-3-14-28-24/h2-3,5,7-15,17H,16H2,1H3,(H,29,31)(H,28,30,32). The molecule has 0 saturated heterocycles. The van der Waals surface area contributed by atoms with Crippen LogP contribution in [0.15, 0.2) is 79.1 Å². The highest BCUT2D eigenvalue weighted by atomic mass is 16.5. The van der Waals surface area contributed by atoms with Crippen molar-refractivity contribution in [3.8, 4) is 23.3 Å². The van der Waals surface area contributed by atoms with Crippen LogP contribution in [0.25, 0.3) is 10.9 Å². The van der Waals surface area contributed by atoms with Crippen LogP contribution in [-0.4, -0.2) is 35.5 Å². The van der Waals surface area contributed by atoms with Gasteiger partial charge in [-0.25, -0.2) is 4.98 Å². The molecule has 4 rings (SSSR count). The Morgan fingerprint density at radius 2 is 1.79 bits per heavy atom. The lowest BCUT2D eigenvalue weighted by Gasteiger charge is -2.11. The Kier molecular flexibility index (Phi) is 7.08. The molecular formula is C26H20N4O4. The molecule has 0 aliphatic heterocycles. The molecule has 0 bridgehead atoms. The van der Waals surface area contributed by atoms with Crippen molar-refractivity contribution in [1.82, 2.24) is 9.97 Å². The normalized spacial score (nSPS) is 10.1. The van der Waals surface area contributed by atoms with Crippen molar-refractivity contribution < 1.29 is 19.1 Å². The van der Waals surface area contributed by atoms with Gasteiger partial charge in [-0.2, -0.15) is 0 Å². The maximum Gasteiger partial charge on any atom is 0.300 e. The van der Waals surface area contributed by atoms with E-state index in [2.05, 4.69) is 32.4 Å². The monoisotopic (exact) mass is 452 g/mol. The van der Waals surface area contributed by atoms with Gasteiger partial charge in [-0.3, -0.25) is 14.6 Å². The molecule has 8 nitrogen and oxygen atoms in total. The molecule has 0 saturated carbocycles. The first-order chi connectivity index (χ1) is 16.6. The molecule has 34 heavy (non-hydrogen) atoms. The number of pyridine rings is 2. The average Bonchev–Trinajstić information content (AvgIpc) is 2.85. The molecule has 2 aromatic heterocycles. The van der Waals surface area contributed by atoms with Gasteiger partial charge in [0, 0.05) is 36.1 Å². The predicted octanol–water partition coefficient (Wildman–Crippen LogP) is 4.26. The number of nitrogens with zero attached hydrogens (tertiary/aromatic N) is 2. The number of carbonyl (C=O) groups is 2. The fourth-order valence-corrected chi connectivity index (χ4v) is 3.07. The van der Waals surface area contributed by atoms with E-state index in [0.717, 1.165) is 0 Å². The second-order valence-corrected chi connectivity index (χ2v) is 7.03. The number of hydrogen-bond donors (Lipinski definition) is 2. The van der Waals surface area contributed by atoms with Crippen LogP contribution in [0, 0.1) is 11.8 Å². The number of fused-ring (bicyclic) bond motifs is 1. The maximum absolute atomic E-state index is 12.4. The number of methoxy groups -OCH3 is 1. The summed E-state index contributed by atoms with van der Waals surface area (Å²) in [5.41, 5.74) is 1.73. The van der Waals surface area contributed by atoms with E-state index in [-0.39, 0.29) is 12.5 Å². The number of aromatic nitrogens is 2. The third-order valence-corrected chi connectivity index (χ3v) is 4.63. The first kappa shape index (κ1) is 22.5. The molecule has 2 aromatic carbocycles. The number of ether oxygens (including phenoxy) is 2. The third-order valence-electron chi connectivity index (χ3n) is 4.63. The maximum atomic E-state index is 12.4. The number of rotatable bonds is 6. The molecule has 8 heteroatoms. The van der Waals surface area contributed by atoms with Gasteiger partial charge in [0.05, 0.1) is 5.52 Å². The lowest BCUT2D eigenvalue weighted by Crippen LogP contribution is -2.12. The summed E-state index contributed by atoms with van der Waals surface area (Å²) in [6.07, 6.45) is 3.25. The van der Waals surface area contributed by atoms with Crippen LogP contribution < -0.4 is 15.4 Å². The van der Waals surface area contributed by atoms with Gasteiger partial charge in [-0.1, -0.05) is 12.0 Å². The number of carbonyl (C=O) groups excluding carboxylic acids is 2. The molecule has 2 N–H and O–H groups in total. The summed E-state index contributed by atoms with van der Waals surface area (Å²) in [7, 11) is 1.51. The highest BCUT2D eigenvalue weighted by Crippen LogP contribution is 2.31. The van der Waals surface area contributed by atoms with E-state index in [1.165, 1.54) is 7.11 Å². The number of amides is 2. The van der Waals surface area contributed by atoms with Gasteiger partial charge in [0.2, 0.25) is 0 Å². The molecule has 0 aliphatic rings. The molecule has 0 fully saturated rings. The number of hydrogen-bond acceptors (Lipinski definition) is 6. The fraction of sp³-hybridized carbons (Fsp3) is 0.0769. The highest BCUT2D eigenvalue weighted by Gasteiger charge is 2.10. The number of anilines is 2. The highest BCUT2D eigenvalue weighted by molar-refractivity contribution is 6.05. The second-order valence-electron chi connectivity index (χ2n) is 7.03. The molecule has 2 amide bonds. The van der Waals surface area contributed by atoms with E-state index in [1.807, 2.05) is 0 Å². The quantitative estimate of drug-likeness (QED) is 0.424. The summed E-state index contributed by atoms with van der Waals surface area (Å²) in [4.78, 5) is 32.8. The van der Waals surface area contributed by atoms with Crippen LogP contribution in [0.1, 0.15) is 10.4 Å². The van der Waals surface area contributed by atoms with Crippen LogP contribution >= 0.6 is 0 Å². The Hall–Kier alpha value is -4.74. The number of benzene rings is 2. The summed E-state index contributed by atoms with van der Waals surface area (Å²) in [6.45, 7) is 0.177. The van der Waals surface area contributed by atoms with Gasteiger partial charge in [0.1, 0.15) is 23.9 Å². The van der Waals surface area contributed by atoms with Gasteiger partial charge >= 0.3 is 0 Å². The number of nitrogens with one attached hydrogen (secondary N) is 2. The van der Waals surface area contributed by atoms with E-state index in [0.29, 0.717) is 39.5 Å². The molecule has 0 unspecified atom stereocenters. The molecule has 4 aromatic rings. The smallest absolute Gasteiger partial charge is 0.300 e. The summed E-state index contributed by atoms with van der Waals surface area (Å²) in [5.74, 6) is 5.92. The summed E-state index contributed by atoms with van der Waals surface area (Å²) < 4.78 is 10.9. The Balaban J connectivity index is 1.49. The minimum atomic E-state index is -0.442. The molecule has 0 atom stereocenters. The Morgan fingerprint density at radius 3 is 2.56 bits per heavy atom.